The summed E-state index contributed by atoms with van der Waals surface area (Å²) < 4.78 is 1.93. The number of aromatic nitrogens is 2. The Hall–Kier alpha value is -0.830. The van der Waals surface area contributed by atoms with Gasteiger partial charge in [-0.1, -0.05) is 13.3 Å². The molecule has 2 bridgehead atoms. The van der Waals surface area contributed by atoms with Gasteiger partial charge in [0.15, 0.2) is 0 Å². The molecule has 19 heavy (non-hydrogen) atoms. The van der Waals surface area contributed by atoms with E-state index >= 15 is 0 Å². The van der Waals surface area contributed by atoms with Gasteiger partial charge in [-0.05, 0) is 55.9 Å². The zero-order chi connectivity index (χ0) is 13.4. The number of aliphatic hydroxyl groups is 1. The summed E-state index contributed by atoms with van der Waals surface area (Å²) in [6, 6.07) is 2.14. The molecule has 106 valence electrons. The van der Waals surface area contributed by atoms with Crippen LogP contribution in [0, 0.1) is 17.8 Å². The number of fused-ring (bicyclic) bond motifs is 2. The topological polar surface area (TPSA) is 38.0 Å². The van der Waals surface area contributed by atoms with Crippen LogP contribution in [0.2, 0.25) is 0 Å². The van der Waals surface area contributed by atoms with E-state index in [0.717, 1.165) is 42.7 Å². The second-order valence-electron chi connectivity index (χ2n) is 6.63. The minimum Gasteiger partial charge on any atom is -0.393 e. The summed E-state index contributed by atoms with van der Waals surface area (Å²) in [6.45, 7) is 2.12. The van der Waals surface area contributed by atoms with Crippen LogP contribution in [0.4, 0.5) is 0 Å². The van der Waals surface area contributed by atoms with Crippen molar-refractivity contribution in [2.75, 3.05) is 0 Å². The van der Waals surface area contributed by atoms with Crippen molar-refractivity contribution in [3.63, 3.8) is 0 Å². The molecule has 3 rings (SSSR count). The Labute approximate surface area is 116 Å². The van der Waals surface area contributed by atoms with Gasteiger partial charge in [0.1, 0.15) is 0 Å². The minimum absolute atomic E-state index is 0.190. The lowest BCUT2D eigenvalue weighted by atomic mass is 9.84. The van der Waals surface area contributed by atoms with E-state index in [-0.39, 0.29) is 6.10 Å². The zero-order valence-corrected chi connectivity index (χ0v) is 12.2. The van der Waals surface area contributed by atoms with E-state index < -0.39 is 0 Å². The van der Waals surface area contributed by atoms with Gasteiger partial charge in [0.25, 0.3) is 0 Å². The highest BCUT2D eigenvalue weighted by Crippen LogP contribution is 2.49. The molecule has 0 amide bonds. The van der Waals surface area contributed by atoms with Gasteiger partial charge in [-0.15, -0.1) is 0 Å². The molecule has 0 spiro atoms. The molecule has 3 heteroatoms. The third-order valence-electron chi connectivity index (χ3n) is 5.29. The summed E-state index contributed by atoms with van der Waals surface area (Å²) in [6.07, 6.45) is 8.19. The maximum atomic E-state index is 10.4. The van der Waals surface area contributed by atoms with Crippen molar-refractivity contribution in [1.82, 2.24) is 9.78 Å². The number of aliphatic hydroxyl groups excluding tert-OH is 1. The zero-order valence-electron chi connectivity index (χ0n) is 12.2. The maximum absolute atomic E-state index is 10.4. The Kier molecular flexibility index (Phi) is 3.66. The SMILES string of the molecule is CCc1cc(CC(O)CC2CC3CCC2C3)n(C)n1. The first-order chi connectivity index (χ1) is 9.15. The second kappa shape index (κ2) is 5.28. The summed E-state index contributed by atoms with van der Waals surface area (Å²) in [4.78, 5) is 0. The van der Waals surface area contributed by atoms with Crippen LogP contribution < -0.4 is 0 Å². The number of nitrogens with zero attached hydrogens (tertiary/aromatic N) is 2. The van der Waals surface area contributed by atoms with E-state index in [1.807, 2.05) is 11.7 Å². The van der Waals surface area contributed by atoms with Gasteiger partial charge >= 0.3 is 0 Å². The van der Waals surface area contributed by atoms with Crippen LogP contribution in [0.5, 0.6) is 0 Å². The fourth-order valence-corrected chi connectivity index (χ4v) is 4.27. The molecule has 2 aliphatic rings. The third kappa shape index (κ3) is 2.71. The predicted octanol–water partition coefficient (Wildman–Crippen LogP) is 2.71. The third-order valence-corrected chi connectivity index (χ3v) is 5.29. The first-order valence-electron chi connectivity index (χ1n) is 7.85. The highest BCUT2D eigenvalue weighted by Gasteiger charge is 2.39. The lowest BCUT2D eigenvalue weighted by Gasteiger charge is -2.24. The van der Waals surface area contributed by atoms with Gasteiger partial charge in [0.05, 0.1) is 11.8 Å². The monoisotopic (exact) mass is 262 g/mol. The Morgan fingerprint density at radius 2 is 2.26 bits per heavy atom. The van der Waals surface area contributed by atoms with Gasteiger partial charge in [-0.2, -0.15) is 5.10 Å². The van der Waals surface area contributed by atoms with E-state index in [9.17, 15) is 5.11 Å². The normalized spacial score (nSPS) is 31.0. The average molecular weight is 262 g/mol. The molecule has 4 unspecified atom stereocenters. The van der Waals surface area contributed by atoms with Gasteiger partial charge in [0, 0.05) is 19.2 Å². The molecule has 0 saturated heterocycles. The van der Waals surface area contributed by atoms with Crippen molar-refractivity contribution >= 4 is 0 Å². The van der Waals surface area contributed by atoms with Crippen LogP contribution in [-0.4, -0.2) is 21.0 Å². The molecule has 0 aliphatic heterocycles. The highest BCUT2D eigenvalue weighted by atomic mass is 16.3. The summed E-state index contributed by atoms with van der Waals surface area (Å²) in [5, 5.41) is 14.8. The Morgan fingerprint density at radius 3 is 2.84 bits per heavy atom. The molecular formula is C16H26N2O. The minimum atomic E-state index is -0.190. The Morgan fingerprint density at radius 1 is 1.42 bits per heavy atom. The van der Waals surface area contributed by atoms with E-state index in [4.69, 9.17) is 0 Å². The molecule has 2 saturated carbocycles. The predicted molar refractivity (Wildman–Crippen MR) is 75.9 cm³/mol. The average Bonchev–Trinajstić information content (AvgIpc) is 3.05. The highest BCUT2D eigenvalue weighted by molar-refractivity contribution is 5.11. The Bertz CT molecular complexity index is 440. The quantitative estimate of drug-likeness (QED) is 0.886. The lowest BCUT2D eigenvalue weighted by Crippen LogP contribution is -2.21. The standard InChI is InChI=1S/C16H26N2O/c1-3-14-9-15(18(2)17-14)10-16(19)8-13-7-11-4-5-12(13)6-11/h9,11-13,16,19H,3-8,10H2,1-2H3. The van der Waals surface area contributed by atoms with Crippen LogP contribution >= 0.6 is 0 Å². The van der Waals surface area contributed by atoms with Crippen molar-refractivity contribution in [3.05, 3.63) is 17.5 Å². The van der Waals surface area contributed by atoms with Crippen molar-refractivity contribution in [1.29, 1.82) is 0 Å². The number of aryl methyl sites for hydroxylation is 2. The second-order valence-corrected chi connectivity index (χ2v) is 6.63. The molecule has 1 aromatic heterocycles. The van der Waals surface area contributed by atoms with Crippen molar-refractivity contribution in [3.8, 4) is 0 Å². The summed E-state index contributed by atoms with van der Waals surface area (Å²) in [5.74, 6) is 2.68. The summed E-state index contributed by atoms with van der Waals surface area (Å²) in [5.41, 5.74) is 2.30. The molecule has 2 fully saturated rings. The van der Waals surface area contributed by atoms with Crippen LogP contribution in [0.15, 0.2) is 6.07 Å². The van der Waals surface area contributed by atoms with Crippen LogP contribution in [0.3, 0.4) is 0 Å². The van der Waals surface area contributed by atoms with Gasteiger partial charge < -0.3 is 5.11 Å². The van der Waals surface area contributed by atoms with Gasteiger partial charge in [-0.25, -0.2) is 0 Å². The Balaban J connectivity index is 1.56. The molecule has 4 atom stereocenters. The molecule has 3 nitrogen and oxygen atoms in total. The fraction of sp³-hybridized carbons (Fsp3) is 0.812. The van der Waals surface area contributed by atoms with Gasteiger partial charge in [0.2, 0.25) is 0 Å². The fourth-order valence-electron chi connectivity index (χ4n) is 4.27. The molecule has 1 aromatic rings. The lowest BCUT2D eigenvalue weighted by molar-refractivity contribution is 0.123. The van der Waals surface area contributed by atoms with E-state index in [1.54, 1.807) is 0 Å². The summed E-state index contributed by atoms with van der Waals surface area (Å²) in [7, 11) is 1.98. The van der Waals surface area contributed by atoms with Crippen LogP contribution in [-0.2, 0) is 19.9 Å². The van der Waals surface area contributed by atoms with Crippen molar-refractivity contribution in [2.24, 2.45) is 24.8 Å². The first kappa shape index (κ1) is 13.2. The number of hydrogen-bond donors (Lipinski definition) is 1. The van der Waals surface area contributed by atoms with Crippen LogP contribution in [0.25, 0.3) is 0 Å². The summed E-state index contributed by atoms with van der Waals surface area (Å²) >= 11 is 0. The molecule has 0 radical (unpaired) electrons. The molecule has 1 heterocycles. The molecule has 0 aromatic carbocycles. The van der Waals surface area contributed by atoms with Crippen molar-refractivity contribution < 1.29 is 5.11 Å². The van der Waals surface area contributed by atoms with Gasteiger partial charge in [-0.3, -0.25) is 4.68 Å². The van der Waals surface area contributed by atoms with Crippen molar-refractivity contribution in [2.45, 2.75) is 58.0 Å². The number of hydrogen-bond acceptors (Lipinski definition) is 2. The van der Waals surface area contributed by atoms with E-state index in [0.29, 0.717) is 0 Å². The van der Waals surface area contributed by atoms with E-state index in [1.165, 1.54) is 31.4 Å². The molecular weight excluding hydrogens is 236 g/mol. The smallest absolute Gasteiger partial charge is 0.0624 e. The van der Waals surface area contributed by atoms with E-state index in [2.05, 4.69) is 18.1 Å². The molecule has 2 aliphatic carbocycles. The first-order valence-corrected chi connectivity index (χ1v) is 7.85. The molecule has 1 N–H and O–H groups in total. The maximum Gasteiger partial charge on any atom is 0.0624 e. The van der Waals surface area contributed by atoms with Crippen LogP contribution in [0.1, 0.15) is 50.4 Å². The number of rotatable bonds is 5. The largest absolute Gasteiger partial charge is 0.393 e.